The SMILES string of the molecule is CSc1nnc(C(C#N)C#N)nn1. The molecule has 0 spiro atoms. The van der Waals surface area contributed by atoms with Gasteiger partial charge in [0, 0.05) is 0 Å². The van der Waals surface area contributed by atoms with E-state index in [0.717, 1.165) is 0 Å². The van der Waals surface area contributed by atoms with Crippen molar-refractivity contribution in [3.8, 4) is 12.1 Å². The lowest BCUT2D eigenvalue weighted by molar-refractivity contribution is 0.687. The Morgan fingerprint density at radius 2 is 1.69 bits per heavy atom. The molecule has 0 bridgehead atoms. The summed E-state index contributed by atoms with van der Waals surface area (Å²) in [6, 6.07) is 3.47. The topological polar surface area (TPSA) is 99.1 Å². The summed E-state index contributed by atoms with van der Waals surface area (Å²) in [6.07, 6.45) is 1.78. The molecule has 7 heteroatoms. The fraction of sp³-hybridized carbons (Fsp3) is 0.333. The van der Waals surface area contributed by atoms with Gasteiger partial charge >= 0.3 is 0 Å². The molecule has 0 aliphatic rings. The lowest BCUT2D eigenvalue weighted by Crippen LogP contribution is -2.05. The Hall–Kier alpha value is -1.73. The third-order valence-electron chi connectivity index (χ3n) is 1.17. The van der Waals surface area contributed by atoms with Crippen molar-refractivity contribution in [2.75, 3.05) is 6.26 Å². The summed E-state index contributed by atoms with van der Waals surface area (Å²) in [7, 11) is 0. The molecule has 0 radical (unpaired) electrons. The maximum atomic E-state index is 8.49. The number of aromatic nitrogens is 4. The highest BCUT2D eigenvalue weighted by Gasteiger charge is 2.13. The van der Waals surface area contributed by atoms with E-state index in [4.69, 9.17) is 10.5 Å². The highest BCUT2D eigenvalue weighted by atomic mass is 32.2. The van der Waals surface area contributed by atoms with Gasteiger partial charge in [-0.3, -0.25) is 0 Å². The Bertz CT molecular complexity index is 346. The molecule has 6 nitrogen and oxygen atoms in total. The van der Waals surface area contributed by atoms with E-state index < -0.39 is 5.92 Å². The molecule has 1 heterocycles. The Morgan fingerprint density at radius 1 is 1.15 bits per heavy atom. The van der Waals surface area contributed by atoms with Crippen molar-refractivity contribution in [3.05, 3.63) is 5.82 Å². The summed E-state index contributed by atoms with van der Waals surface area (Å²) in [6.45, 7) is 0. The molecule has 1 aromatic rings. The second-order valence-electron chi connectivity index (χ2n) is 1.94. The van der Waals surface area contributed by atoms with Crippen LogP contribution in [0.25, 0.3) is 0 Å². The third-order valence-corrected chi connectivity index (χ3v) is 1.70. The molecular weight excluding hydrogens is 188 g/mol. The van der Waals surface area contributed by atoms with Gasteiger partial charge in [-0.15, -0.1) is 20.4 Å². The molecule has 0 aromatic carbocycles. The average molecular weight is 192 g/mol. The molecule has 0 fully saturated rings. The van der Waals surface area contributed by atoms with Crippen LogP contribution in [-0.4, -0.2) is 26.7 Å². The van der Waals surface area contributed by atoms with Crippen molar-refractivity contribution in [2.24, 2.45) is 0 Å². The zero-order valence-corrected chi connectivity index (χ0v) is 7.49. The molecule has 1 rings (SSSR count). The lowest BCUT2D eigenvalue weighted by atomic mass is 10.2. The second kappa shape index (κ2) is 4.33. The maximum absolute atomic E-state index is 8.49. The number of hydrogen-bond donors (Lipinski definition) is 0. The standard InChI is InChI=1S/C6H4N6S/c1-13-6-11-9-5(10-12-6)4(2-7)3-8/h4H,1H3. The number of thioether (sulfide) groups is 1. The highest BCUT2D eigenvalue weighted by molar-refractivity contribution is 7.98. The van der Waals surface area contributed by atoms with Gasteiger partial charge in [0.15, 0.2) is 5.92 Å². The van der Waals surface area contributed by atoms with Gasteiger partial charge in [0.2, 0.25) is 11.0 Å². The van der Waals surface area contributed by atoms with Gasteiger partial charge in [0.05, 0.1) is 12.1 Å². The normalized spacial score (nSPS) is 9.23. The Morgan fingerprint density at radius 3 is 2.08 bits per heavy atom. The van der Waals surface area contributed by atoms with E-state index in [1.54, 1.807) is 18.4 Å². The van der Waals surface area contributed by atoms with Crippen LogP contribution < -0.4 is 0 Å². The molecule has 0 N–H and O–H groups in total. The van der Waals surface area contributed by atoms with Crippen LogP contribution in [0.3, 0.4) is 0 Å². The lowest BCUT2D eigenvalue weighted by Gasteiger charge is -1.95. The second-order valence-corrected chi connectivity index (χ2v) is 2.71. The fourth-order valence-electron chi connectivity index (χ4n) is 0.569. The zero-order valence-electron chi connectivity index (χ0n) is 6.67. The average Bonchev–Trinajstić information content (AvgIpc) is 2.21. The molecule has 0 unspecified atom stereocenters. The summed E-state index contributed by atoms with van der Waals surface area (Å²) in [5.41, 5.74) is 0. The Kier molecular flexibility index (Phi) is 3.12. The van der Waals surface area contributed by atoms with Gasteiger partial charge in [-0.2, -0.15) is 10.5 Å². The number of nitrogens with zero attached hydrogens (tertiary/aromatic N) is 6. The minimum absolute atomic E-state index is 0.0443. The Labute approximate surface area is 78.6 Å². The van der Waals surface area contributed by atoms with Crippen LogP contribution in [0.5, 0.6) is 0 Å². The van der Waals surface area contributed by atoms with Crippen LogP contribution in [-0.2, 0) is 0 Å². The van der Waals surface area contributed by atoms with Crippen LogP contribution in [0.2, 0.25) is 0 Å². The van der Waals surface area contributed by atoms with Gasteiger partial charge in [0.25, 0.3) is 0 Å². The molecule has 0 amide bonds. The maximum Gasteiger partial charge on any atom is 0.229 e. The molecular formula is C6H4N6S. The summed E-state index contributed by atoms with van der Waals surface area (Å²) in [5.74, 6) is -0.946. The predicted octanol–water partition coefficient (Wildman–Crippen LogP) is 0.119. The van der Waals surface area contributed by atoms with Crippen molar-refractivity contribution >= 4 is 11.8 Å². The molecule has 0 saturated heterocycles. The van der Waals surface area contributed by atoms with Gasteiger partial charge in [-0.25, -0.2) is 0 Å². The summed E-state index contributed by atoms with van der Waals surface area (Å²) < 4.78 is 0. The van der Waals surface area contributed by atoms with E-state index in [1.807, 2.05) is 0 Å². The van der Waals surface area contributed by atoms with E-state index in [0.29, 0.717) is 5.16 Å². The largest absolute Gasteiger partial charge is 0.229 e. The zero-order chi connectivity index (χ0) is 9.68. The van der Waals surface area contributed by atoms with Crippen molar-refractivity contribution in [1.82, 2.24) is 20.4 Å². The summed E-state index contributed by atoms with van der Waals surface area (Å²) in [5, 5.41) is 31.9. The van der Waals surface area contributed by atoms with Gasteiger partial charge in [-0.05, 0) is 6.26 Å². The molecule has 0 aliphatic heterocycles. The monoisotopic (exact) mass is 192 g/mol. The first-order chi connectivity index (χ1) is 6.31. The number of hydrogen-bond acceptors (Lipinski definition) is 7. The summed E-state index contributed by atoms with van der Waals surface area (Å²) in [4.78, 5) is 0. The summed E-state index contributed by atoms with van der Waals surface area (Å²) >= 11 is 1.29. The van der Waals surface area contributed by atoms with Crippen molar-refractivity contribution in [1.29, 1.82) is 10.5 Å². The smallest absolute Gasteiger partial charge is 0.196 e. The molecule has 0 saturated carbocycles. The van der Waals surface area contributed by atoms with Crippen LogP contribution >= 0.6 is 11.8 Å². The van der Waals surface area contributed by atoms with Gasteiger partial charge < -0.3 is 0 Å². The highest BCUT2D eigenvalue weighted by Crippen LogP contribution is 2.08. The Balaban J connectivity index is 2.94. The first-order valence-electron chi connectivity index (χ1n) is 3.22. The van der Waals surface area contributed by atoms with Crippen molar-refractivity contribution in [3.63, 3.8) is 0 Å². The number of nitriles is 2. The first kappa shape index (κ1) is 9.36. The first-order valence-corrected chi connectivity index (χ1v) is 4.44. The molecule has 0 aliphatic carbocycles. The molecule has 64 valence electrons. The minimum Gasteiger partial charge on any atom is -0.196 e. The third kappa shape index (κ3) is 2.10. The van der Waals surface area contributed by atoms with Crippen LogP contribution in [0, 0.1) is 22.7 Å². The van der Waals surface area contributed by atoms with Crippen LogP contribution in [0.4, 0.5) is 0 Å². The quantitative estimate of drug-likeness (QED) is 0.613. The van der Waals surface area contributed by atoms with E-state index in [-0.39, 0.29) is 5.82 Å². The van der Waals surface area contributed by atoms with E-state index in [1.165, 1.54) is 11.8 Å². The van der Waals surface area contributed by atoms with Gasteiger partial charge in [-0.1, -0.05) is 11.8 Å². The number of rotatable bonds is 2. The van der Waals surface area contributed by atoms with E-state index in [9.17, 15) is 0 Å². The van der Waals surface area contributed by atoms with E-state index >= 15 is 0 Å². The predicted molar refractivity (Wildman–Crippen MR) is 43.4 cm³/mol. The van der Waals surface area contributed by atoms with Crippen LogP contribution in [0.15, 0.2) is 5.16 Å². The molecule has 1 aromatic heterocycles. The fourth-order valence-corrected chi connectivity index (χ4v) is 0.814. The molecule has 0 atom stereocenters. The van der Waals surface area contributed by atoms with E-state index in [2.05, 4.69) is 20.4 Å². The molecule has 13 heavy (non-hydrogen) atoms. The van der Waals surface area contributed by atoms with Crippen molar-refractivity contribution < 1.29 is 0 Å². The van der Waals surface area contributed by atoms with Gasteiger partial charge in [0.1, 0.15) is 0 Å². The van der Waals surface area contributed by atoms with Crippen molar-refractivity contribution in [2.45, 2.75) is 11.1 Å². The van der Waals surface area contributed by atoms with Crippen LogP contribution in [0.1, 0.15) is 11.7 Å². The minimum atomic E-state index is -0.990.